The summed E-state index contributed by atoms with van der Waals surface area (Å²) in [5, 5.41) is 0. The highest BCUT2D eigenvalue weighted by atomic mass is 19.1. The van der Waals surface area contributed by atoms with Gasteiger partial charge in [-0.25, -0.2) is 4.39 Å². The minimum Gasteiger partial charge on any atom is -0.426 e. The second-order valence-corrected chi connectivity index (χ2v) is 2.46. The molecule has 0 N–H and O–H groups in total. The van der Waals surface area contributed by atoms with Gasteiger partial charge < -0.3 is 4.74 Å². The number of halogens is 1. The van der Waals surface area contributed by atoms with Crippen LogP contribution < -0.4 is 4.74 Å². The smallest absolute Gasteiger partial charge is 0.308 e. The Hall–Kier alpha value is -1.38. The molecule has 1 aromatic carbocycles. The molecule has 0 spiro atoms. The Labute approximate surface area is 70.0 Å². The number of esters is 1. The Kier molecular flexibility index (Phi) is 2.43. The van der Waals surface area contributed by atoms with Gasteiger partial charge in [-0.2, -0.15) is 0 Å². The first-order valence-corrected chi connectivity index (χ1v) is 3.55. The Morgan fingerprint density at radius 2 is 2.17 bits per heavy atom. The van der Waals surface area contributed by atoms with E-state index in [1.807, 2.05) is 0 Å². The Balaban J connectivity index is 3.00. The Morgan fingerprint density at radius 3 is 2.75 bits per heavy atom. The molecule has 0 bridgehead atoms. The van der Waals surface area contributed by atoms with E-state index < -0.39 is 5.97 Å². The molecule has 12 heavy (non-hydrogen) atoms. The first-order chi connectivity index (χ1) is 5.61. The van der Waals surface area contributed by atoms with Gasteiger partial charge in [-0.15, -0.1) is 0 Å². The number of ether oxygens (including phenoxy) is 1. The molecule has 3 heteroatoms. The van der Waals surface area contributed by atoms with Crippen LogP contribution in [0.2, 0.25) is 0 Å². The van der Waals surface area contributed by atoms with Crippen molar-refractivity contribution in [1.29, 1.82) is 0 Å². The minimum atomic E-state index is -0.441. The molecule has 0 saturated heterocycles. The van der Waals surface area contributed by atoms with Gasteiger partial charge in [0, 0.05) is 12.5 Å². The second-order valence-electron chi connectivity index (χ2n) is 2.46. The lowest BCUT2D eigenvalue weighted by Crippen LogP contribution is -2.03. The molecule has 0 radical (unpaired) electrons. The van der Waals surface area contributed by atoms with Gasteiger partial charge in [0.25, 0.3) is 0 Å². The molecule has 0 heterocycles. The van der Waals surface area contributed by atoms with Crippen molar-refractivity contribution in [3.8, 4) is 5.75 Å². The van der Waals surface area contributed by atoms with Crippen LogP contribution in [0.5, 0.6) is 5.75 Å². The van der Waals surface area contributed by atoms with Crippen molar-refractivity contribution in [2.24, 2.45) is 0 Å². The van der Waals surface area contributed by atoms with Crippen LogP contribution >= 0.6 is 0 Å². The largest absolute Gasteiger partial charge is 0.426 e. The highest BCUT2D eigenvalue weighted by Gasteiger charge is 2.05. The zero-order valence-corrected chi connectivity index (χ0v) is 6.93. The number of benzene rings is 1. The Morgan fingerprint density at radius 1 is 1.50 bits per heavy atom. The van der Waals surface area contributed by atoms with Gasteiger partial charge in [-0.1, -0.05) is 6.07 Å². The molecule has 0 aliphatic rings. The van der Waals surface area contributed by atoms with Crippen LogP contribution in [0.1, 0.15) is 12.5 Å². The van der Waals surface area contributed by atoms with Crippen molar-refractivity contribution >= 4 is 5.97 Å². The molecule has 64 valence electrons. The SMILES string of the molecule is CC(=O)Oc1cccc(F)c1C. The third kappa shape index (κ3) is 1.81. The van der Waals surface area contributed by atoms with E-state index in [1.165, 1.54) is 19.1 Å². The van der Waals surface area contributed by atoms with Crippen LogP contribution in [0, 0.1) is 12.7 Å². The van der Waals surface area contributed by atoms with Crippen molar-refractivity contribution in [3.63, 3.8) is 0 Å². The summed E-state index contributed by atoms with van der Waals surface area (Å²) in [6.45, 7) is 2.85. The first-order valence-electron chi connectivity index (χ1n) is 3.55. The summed E-state index contributed by atoms with van der Waals surface area (Å²) in [4.78, 5) is 10.5. The summed E-state index contributed by atoms with van der Waals surface area (Å²) in [6, 6.07) is 4.38. The van der Waals surface area contributed by atoms with Crippen molar-refractivity contribution in [2.75, 3.05) is 0 Å². The second kappa shape index (κ2) is 3.34. The fraction of sp³-hybridized carbons (Fsp3) is 0.222. The maximum absolute atomic E-state index is 12.8. The Bertz CT molecular complexity index is 307. The maximum atomic E-state index is 12.8. The number of carbonyl (C=O) groups excluding carboxylic acids is 1. The summed E-state index contributed by atoms with van der Waals surface area (Å²) in [6.07, 6.45) is 0. The van der Waals surface area contributed by atoms with Crippen LogP contribution in [0.25, 0.3) is 0 Å². The number of hydrogen-bond acceptors (Lipinski definition) is 2. The molecular weight excluding hydrogens is 159 g/mol. The van der Waals surface area contributed by atoms with Crippen LogP contribution in [0.3, 0.4) is 0 Å². The highest BCUT2D eigenvalue weighted by molar-refractivity contribution is 5.69. The molecule has 0 aliphatic carbocycles. The summed E-state index contributed by atoms with van der Waals surface area (Å²) in [5.41, 5.74) is 0.354. The summed E-state index contributed by atoms with van der Waals surface area (Å²) in [7, 11) is 0. The zero-order valence-electron chi connectivity index (χ0n) is 6.93. The molecule has 0 atom stereocenters. The summed E-state index contributed by atoms with van der Waals surface area (Å²) >= 11 is 0. The van der Waals surface area contributed by atoms with Crippen molar-refractivity contribution in [3.05, 3.63) is 29.6 Å². The van der Waals surface area contributed by atoms with Gasteiger partial charge in [-0.3, -0.25) is 4.79 Å². The van der Waals surface area contributed by atoms with E-state index in [2.05, 4.69) is 0 Å². The highest BCUT2D eigenvalue weighted by Crippen LogP contribution is 2.19. The molecule has 0 aliphatic heterocycles. The lowest BCUT2D eigenvalue weighted by Gasteiger charge is -2.04. The number of rotatable bonds is 1. The number of carbonyl (C=O) groups is 1. The molecule has 1 rings (SSSR count). The van der Waals surface area contributed by atoms with Crippen molar-refractivity contribution < 1.29 is 13.9 Å². The summed E-state index contributed by atoms with van der Waals surface area (Å²) in [5.74, 6) is -0.528. The van der Waals surface area contributed by atoms with E-state index in [-0.39, 0.29) is 11.6 Å². The van der Waals surface area contributed by atoms with E-state index in [9.17, 15) is 9.18 Å². The predicted molar refractivity (Wildman–Crippen MR) is 42.4 cm³/mol. The monoisotopic (exact) mass is 168 g/mol. The average molecular weight is 168 g/mol. The van der Waals surface area contributed by atoms with E-state index in [0.717, 1.165) is 0 Å². The fourth-order valence-electron chi connectivity index (χ4n) is 0.853. The van der Waals surface area contributed by atoms with Gasteiger partial charge in [0.05, 0.1) is 0 Å². The molecule has 0 saturated carbocycles. The van der Waals surface area contributed by atoms with Gasteiger partial charge in [-0.05, 0) is 19.1 Å². The van der Waals surface area contributed by atoms with Crippen molar-refractivity contribution in [2.45, 2.75) is 13.8 Å². The zero-order chi connectivity index (χ0) is 9.14. The van der Waals surface area contributed by atoms with Gasteiger partial charge >= 0.3 is 5.97 Å². The van der Waals surface area contributed by atoms with Crippen LogP contribution in [-0.2, 0) is 4.79 Å². The normalized spacial score (nSPS) is 9.58. The van der Waals surface area contributed by atoms with Crippen LogP contribution in [0.15, 0.2) is 18.2 Å². The number of hydrogen-bond donors (Lipinski definition) is 0. The van der Waals surface area contributed by atoms with E-state index in [0.29, 0.717) is 5.56 Å². The molecule has 0 amide bonds. The minimum absolute atomic E-state index is 0.280. The standard InChI is InChI=1S/C9H9FO2/c1-6-8(10)4-3-5-9(6)12-7(2)11/h3-5H,1-2H3. The van der Waals surface area contributed by atoms with Crippen LogP contribution in [0.4, 0.5) is 4.39 Å². The van der Waals surface area contributed by atoms with E-state index in [1.54, 1.807) is 13.0 Å². The first kappa shape index (κ1) is 8.71. The lowest BCUT2D eigenvalue weighted by atomic mass is 10.2. The average Bonchev–Trinajstić information content (AvgIpc) is 1.98. The third-order valence-electron chi connectivity index (χ3n) is 1.47. The lowest BCUT2D eigenvalue weighted by molar-refractivity contribution is -0.131. The molecule has 0 fully saturated rings. The molecular formula is C9H9FO2. The van der Waals surface area contributed by atoms with Gasteiger partial charge in [0.1, 0.15) is 11.6 Å². The maximum Gasteiger partial charge on any atom is 0.308 e. The molecule has 0 aromatic heterocycles. The third-order valence-corrected chi connectivity index (χ3v) is 1.47. The van der Waals surface area contributed by atoms with E-state index in [4.69, 9.17) is 4.74 Å². The fourth-order valence-corrected chi connectivity index (χ4v) is 0.853. The predicted octanol–water partition coefficient (Wildman–Crippen LogP) is 2.06. The topological polar surface area (TPSA) is 26.3 Å². The molecule has 0 unspecified atom stereocenters. The summed E-state index contributed by atoms with van der Waals surface area (Å²) < 4.78 is 17.6. The molecule has 2 nitrogen and oxygen atoms in total. The molecule has 1 aromatic rings. The van der Waals surface area contributed by atoms with Crippen molar-refractivity contribution in [1.82, 2.24) is 0 Å². The van der Waals surface area contributed by atoms with Gasteiger partial charge in [0.15, 0.2) is 0 Å². The van der Waals surface area contributed by atoms with Crippen LogP contribution in [-0.4, -0.2) is 5.97 Å². The van der Waals surface area contributed by atoms with Gasteiger partial charge in [0.2, 0.25) is 0 Å². The van der Waals surface area contributed by atoms with E-state index >= 15 is 0 Å². The quantitative estimate of drug-likeness (QED) is 0.474.